The van der Waals surface area contributed by atoms with E-state index in [1.54, 1.807) is 6.20 Å². The molecule has 1 N–H and O–H groups in total. The van der Waals surface area contributed by atoms with Crippen molar-refractivity contribution in [2.24, 2.45) is 0 Å². The number of carbonyl (C=O) groups excluding carboxylic acids is 1. The third-order valence-corrected chi connectivity index (χ3v) is 4.74. The second-order valence-corrected chi connectivity index (χ2v) is 6.86. The molecule has 3 aromatic rings. The predicted molar refractivity (Wildman–Crippen MR) is 117 cm³/mol. The van der Waals surface area contributed by atoms with Gasteiger partial charge in [0.25, 0.3) is 5.91 Å². The Balaban J connectivity index is 1.60. The molecule has 0 unspecified atom stereocenters. The van der Waals surface area contributed by atoms with Crippen LogP contribution in [0.5, 0.6) is 0 Å². The number of carbonyl (C=O) groups is 1. The Hall–Kier alpha value is -2.96. The van der Waals surface area contributed by atoms with Crippen molar-refractivity contribution in [2.45, 2.75) is 33.4 Å². The van der Waals surface area contributed by atoms with Crippen molar-refractivity contribution >= 4 is 5.91 Å². The number of benzene rings is 2. The lowest BCUT2D eigenvalue weighted by Gasteiger charge is -2.10. The highest BCUT2D eigenvalue weighted by atomic mass is 16.5. The minimum absolute atomic E-state index is 0.118. The average molecular weight is 408 g/mol. The molecule has 6 heteroatoms. The summed E-state index contributed by atoms with van der Waals surface area (Å²) in [4.78, 5) is 12.8. The van der Waals surface area contributed by atoms with Gasteiger partial charge in [-0.1, -0.05) is 49.4 Å². The zero-order valence-corrected chi connectivity index (χ0v) is 17.6. The van der Waals surface area contributed by atoms with Crippen molar-refractivity contribution in [3.05, 3.63) is 83.2 Å². The topological polar surface area (TPSA) is 65.4 Å². The Morgan fingerprint density at radius 2 is 1.77 bits per heavy atom. The quantitative estimate of drug-likeness (QED) is 0.489. The molecule has 6 nitrogen and oxygen atoms in total. The van der Waals surface area contributed by atoms with Crippen molar-refractivity contribution in [3.8, 4) is 5.69 Å². The molecule has 2 aromatic carbocycles. The van der Waals surface area contributed by atoms with E-state index in [0.29, 0.717) is 45.0 Å². The molecule has 3 rings (SSSR count). The summed E-state index contributed by atoms with van der Waals surface area (Å²) in [6.45, 7) is 6.84. The Bertz CT molecular complexity index is 938. The van der Waals surface area contributed by atoms with Gasteiger partial charge in [-0.2, -0.15) is 5.10 Å². The first-order chi connectivity index (χ1) is 14.7. The Kier molecular flexibility index (Phi) is 8.18. The van der Waals surface area contributed by atoms with Crippen LogP contribution < -0.4 is 5.32 Å². The van der Waals surface area contributed by atoms with Crippen LogP contribution in [0.15, 0.2) is 60.8 Å². The molecule has 1 aromatic heterocycles. The number of nitrogens with one attached hydrogen (secondary N) is 1. The van der Waals surface area contributed by atoms with Crippen LogP contribution in [0.2, 0.25) is 0 Å². The average Bonchev–Trinajstić information content (AvgIpc) is 3.22. The van der Waals surface area contributed by atoms with E-state index < -0.39 is 0 Å². The number of aromatic nitrogens is 2. The van der Waals surface area contributed by atoms with Crippen LogP contribution in [0.4, 0.5) is 0 Å². The van der Waals surface area contributed by atoms with Gasteiger partial charge in [0.1, 0.15) is 0 Å². The van der Waals surface area contributed by atoms with E-state index in [0.717, 1.165) is 22.5 Å². The molecule has 30 heavy (non-hydrogen) atoms. The van der Waals surface area contributed by atoms with Gasteiger partial charge < -0.3 is 14.8 Å². The van der Waals surface area contributed by atoms with E-state index in [1.807, 2.05) is 67.1 Å². The van der Waals surface area contributed by atoms with Crippen molar-refractivity contribution in [3.63, 3.8) is 0 Å². The number of hydrogen-bond donors (Lipinski definition) is 1. The number of nitrogens with zero attached hydrogens (tertiary/aromatic N) is 2. The summed E-state index contributed by atoms with van der Waals surface area (Å²) in [5.41, 5.74) is 4.56. The monoisotopic (exact) mass is 407 g/mol. The summed E-state index contributed by atoms with van der Waals surface area (Å²) >= 11 is 0. The minimum Gasteiger partial charge on any atom is -0.379 e. The Morgan fingerprint density at radius 3 is 2.53 bits per heavy atom. The molecule has 0 spiro atoms. The second kappa shape index (κ2) is 11.3. The summed E-state index contributed by atoms with van der Waals surface area (Å²) in [5, 5.41) is 7.44. The van der Waals surface area contributed by atoms with Crippen molar-refractivity contribution < 1.29 is 14.3 Å². The summed E-state index contributed by atoms with van der Waals surface area (Å²) < 4.78 is 12.7. The molecule has 0 fully saturated rings. The predicted octanol–water partition coefficient (Wildman–Crippen LogP) is 3.92. The molecule has 0 aliphatic carbocycles. The lowest BCUT2D eigenvalue weighted by Crippen LogP contribution is -2.23. The number of ether oxygens (including phenoxy) is 2. The Morgan fingerprint density at radius 1 is 1.00 bits per heavy atom. The van der Waals surface area contributed by atoms with E-state index in [1.165, 1.54) is 0 Å². The first-order valence-electron chi connectivity index (χ1n) is 10.4. The van der Waals surface area contributed by atoms with Gasteiger partial charge in [0.15, 0.2) is 0 Å². The number of rotatable bonds is 11. The summed E-state index contributed by atoms with van der Waals surface area (Å²) in [7, 11) is 0. The standard InChI is InChI=1S/C24H29N3O3/c1-3-23-22(17-26-27(23)21-11-6-5-7-12-21)24(28)25-16-19-9-8-10-20(15-19)18-30-14-13-29-4-2/h5-12,15,17H,3-4,13-14,16,18H2,1-2H3,(H,25,28). The number of para-hydroxylation sites is 1. The fourth-order valence-electron chi connectivity index (χ4n) is 3.25. The second-order valence-electron chi connectivity index (χ2n) is 6.86. The smallest absolute Gasteiger partial charge is 0.255 e. The SMILES string of the molecule is CCOCCOCc1cccc(CNC(=O)c2cnn(-c3ccccc3)c2CC)c1. The molecule has 0 aliphatic heterocycles. The molecule has 1 heterocycles. The zero-order chi connectivity index (χ0) is 21.2. The fourth-order valence-corrected chi connectivity index (χ4v) is 3.25. The molecule has 158 valence electrons. The first-order valence-corrected chi connectivity index (χ1v) is 10.4. The van der Waals surface area contributed by atoms with Crippen molar-refractivity contribution in [1.82, 2.24) is 15.1 Å². The molecule has 0 aliphatic rings. The molecule has 0 atom stereocenters. The summed E-state index contributed by atoms with van der Waals surface area (Å²) in [6, 6.07) is 17.9. The highest BCUT2D eigenvalue weighted by Gasteiger charge is 2.16. The van der Waals surface area contributed by atoms with Gasteiger partial charge in [-0.05, 0) is 36.6 Å². The van der Waals surface area contributed by atoms with Gasteiger partial charge in [0.2, 0.25) is 0 Å². The van der Waals surface area contributed by atoms with Gasteiger partial charge in [0, 0.05) is 13.2 Å². The number of hydrogen-bond acceptors (Lipinski definition) is 4. The van der Waals surface area contributed by atoms with Gasteiger partial charge in [0.05, 0.1) is 43.0 Å². The van der Waals surface area contributed by atoms with Crippen LogP contribution in [0, 0.1) is 0 Å². The third kappa shape index (κ3) is 5.78. The van der Waals surface area contributed by atoms with Crippen LogP contribution >= 0.6 is 0 Å². The van der Waals surface area contributed by atoms with Gasteiger partial charge in [-0.15, -0.1) is 0 Å². The van der Waals surface area contributed by atoms with Crippen molar-refractivity contribution in [2.75, 3.05) is 19.8 Å². The lowest BCUT2D eigenvalue weighted by molar-refractivity contribution is 0.0453. The van der Waals surface area contributed by atoms with Crippen LogP contribution in [-0.4, -0.2) is 35.5 Å². The largest absolute Gasteiger partial charge is 0.379 e. The summed E-state index contributed by atoms with van der Waals surface area (Å²) in [5.74, 6) is -0.118. The fraction of sp³-hybridized carbons (Fsp3) is 0.333. The number of amides is 1. The molecular weight excluding hydrogens is 378 g/mol. The van der Waals surface area contributed by atoms with E-state index in [-0.39, 0.29) is 5.91 Å². The normalized spacial score (nSPS) is 10.9. The molecule has 0 bridgehead atoms. The van der Waals surface area contributed by atoms with Gasteiger partial charge in [-0.25, -0.2) is 4.68 Å². The van der Waals surface area contributed by atoms with Crippen molar-refractivity contribution in [1.29, 1.82) is 0 Å². The van der Waals surface area contributed by atoms with Crippen LogP contribution in [0.25, 0.3) is 5.69 Å². The lowest BCUT2D eigenvalue weighted by atomic mass is 10.1. The van der Waals surface area contributed by atoms with E-state index in [9.17, 15) is 4.79 Å². The van der Waals surface area contributed by atoms with Crippen LogP contribution in [0.1, 0.15) is 41.0 Å². The maximum atomic E-state index is 12.8. The zero-order valence-electron chi connectivity index (χ0n) is 17.6. The van der Waals surface area contributed by atoms with Crippen LogP contribution in [-0.2, 0) is 29.0 Å². The summed E-state index contributed by atoms with van der Waals surface area (Å²) in [6.07, 6.45) is 2.36. The van der Waals surface area contributed by atoms with Gasteiger partial charge in [-0.3, -0.25) is 4.79 Å². The van der Waals surface area contributed by atoms with Gasteiger partial charge >= 0.3 is 0 Å². The molecule has 0 saturated heterocycles. The first kappa shape index (κ1) is 21.7. The Labute approximate surface area is 177 Å². The van der Waals surface area contributed by atoms with E-state index >= 15 is 0 Å². The molecule has 0 radical (unpaired) electrons. The minimum atomic E-state index is -0.118. The highest BCUT2D eigenvalue weighted by molar-refractivity contribution is 5.95. The highest BCUT2D eigenvalue weighted by Crippen LogP contribution is 2.16. The maximum absolute atomic E-state index is 12.8. The third-order valence-electron chi connectivity index (χ3n) is 4.74. The maximum Gasteiger partial charge on any atom is 0.255 e. The van der Waals surface area contributed by atoms with E-state index in [4.69, 9.17) is 9.47 Å². The molecule has 0 saturated carbocycles. The molecular formula is C24H29N3O3. The molecule has 1 amide bonds. The van der Waals surface area contributed by atoms with Crippen LogP contribution in [0.3, 0.4) is 0 Å². The van der Waals surface area contributed by atoms with E-state index in [2.05, 4.69) is 16.5 Å².